The smallest absolute Gasteiger partial charge is 0.306 e. The molecule has 0 amide bonds. The van der Waals surface area contributed by atoms with Crippen LogP contribution in [0.2, 0.25) is 0 Å². The van der Waals surface area contributed by atoms with Gasteiger partial charge in [-0.05, 0) is 12.8 Å². The predicted octanol–water partition coefficient (Wildman–Crippen LogP) is 10.0. The molecule has 51 heavy (non-hydrogen) atoms. The van der Waals surface area contributed by atoms with E-state index in [9.17, 15) is 19.5 Å². The van der Waals surface area contributed by atoms with Crippen LogP contribution in [-0.2, 0) is 28.6 Å². The van der Waals surface area contributed by atoms with E-state index < -0.39 is 18.1 Å². The highest BCUT2D eigenvalue weighted by Crippen LogP contribution is 2.16. The lowest BCUT2D eigenvalue weighted by molar-refractivity contribution is -0.889. The average Bonchev–Trinajstić information content (AvgIpc) is 3.08. The zero-order valence-corrected chi connectivity index (χ0v) is 34.3. The Balaban J connectivity index is 4.11. The Hall–Kier alpha value is -1.67. The molecule has 0 aromatic carbocycles. The standard InChI is InChI=1S/C43H83NO7/c1-6-8-10-12-14-15-16-17-18-19-20-21-22-23-24-25-26-28-29-31-33-41(45)50-38-39(37-49-36-35-40(43(47)48)44(3,4)5)51-42(46)34-32-30-27-13-11-9-7-2/h39-40H,6-38H2,1-5H3. The van der Waals surface area contributed by atoms with Crippen molar-refractivity contribution in [3.8, 4) is 0 Å². The van der Waals surface area contributed by atoms with Crippen molar-refractivity contribution in [2.75, 3.05) is 41.0 Å². The summed E-state index contributed by atoms with van der Waals surface area (Å²) in [6.07, 6.45) is 34.3. The minimum Gasteiger partial charge on any atom is -0.544 e. The molecular formula is C43H83NO7. The first-order valence-corrected chi connectivity index (χ1v) is 21.6. The molecule has 0 saturated carbocycles. The fraction of sp³-hybridized carbons (Fsp3) is 0.930. The molecule has 0 rings (SSSR count). The van der Waals surface area contributed by atoms with Gasteiger partial charge in [-0.1, -0.05) is 174 Å². The number of quaternary nitrogens is 1. The monoisotopic (exact) mass is 726 g/mol. The fourth-order valence-electron chi connectivity index (χ4n) is 6.60. The highest BCUT2D eigenvalue weighted by atomic mass is 16.6. The van der Waals surface area contributed by atoms with Crippen LogP contribution in [0.4, 0.5) is 0 Å². The van der Waals surface area contributed by atoms with Crippen molar-refractivity contribution >= 4 is 17.9 Å². The van der Waals surface area contributed by atoms with Crippen LogP contribution in [0, 0.1) is 0 Å². The van der Waals surface area contributed by atoms with Crippen molar-refractivity contribution in [1.29, 1.82) is 0 Å². The number of carboxylic acids is 1. The zero-order valence-electron chi connectivity index (χ0n) is 34.3. The number of hydrogen-bond donors (Lipinski definition) is 0. The predicted molar refractivity (Wildman–Crippen MR) is 208 cm³/mol. The number of unbranched alkanes of at least 4 members (excludes halogenated alkanes) is 25. The van der Waals surface area contributed by atoms with Crippen LogP contribution in [-0.4, -0.2) is 75.5 Å². The van der Waals surface area contributed by atoms with Crippen molar-refractivity contribution in [3.05, 3.63) is 0 Å². The molecule has 0 spiro atoms. The molecule has 302 valence electrons. The van der Waals surface area contributed by atoms with Crippen molar-refractivity contribution in [1.82, 2.24) is 0 Å². The lowest BCUT2D eigenvalue weighted by Gasteiger charge is -2.34. The van der Waals surface area contributed by atoms with Crippen LogP contribution < -0.4 is 5.11 Å². The molecule has 0 aliphatic heterocycles. The fourth-order valence-corrected chi connectivity index (χ4v) is 6.60. The van der Waals surface area contributed by atoms with E-state index in [1.165, 1.54) is 135 Å². The molecule has 0 aromatic heterocycles. The summed E-state index contributed by atoms with van der Waals surface area (Å²) in [6.45, 7) is 4.64. The lowest BCUT2D eigenvalue weighted by atomic mass is 10.0. The Bertz CT molecular complexity index is 813. The van der Waals surface area contributed by atoms with E-state index in [1.54, 1.807) is 21.1 Å². The molecule has 0 aliphatic rings. The second kappa shape index (κ2) is 35.4. The Morgan fingerprint density at radius 2 is 0.863 bits per heavy atom. The van der Waals surface area contributed by atoms with Crippen molar-refractivity contribution in [2.45, 2.75) is 219 Å². The highest BCUT2D eigenvalue weighted by molar-refractivity contribution is 5.70. The third-order valence-corrected chi connectivity index (χ3v) is 9.99. The number of nitrogens with zero attached hydrogens (tertiary/aromatic N) is 1. The van der Waals surface area contributed by atoms with E-state index in [0.717, 1.165) is 38.5 Å². The number of ether oxygens (including phenoxy) is 3. The van der Waals surface area contributed by atoms with E-state index in [0.29, 0.717) is 12.8 Å². The van der Waals surface area contributed by atoms with Gasteiger partial charge in [-0.25, -0.2) is 0 Å². The van der Waals surface area contributed by atoms with E-state index in [4.69, 9.17) is 14.2 Å². The van der Waals surface area contributed by atoms with Crippen LogP contribution in [0.3, 0.4) is 0 Å². The number of carboxylic acid groups (broad SMARTS) is 1. The van der Waals surface area contributed by atoms with Crippen LogP contribution in [0.1, 0.15) is 206 Å². The first-order chi connectivity index (χ1) is 24.6. The molecule has 0 aliphatic carbocycles. The lowest BCUT2D eigenvalue weighted by Crippen LogP contribution is -2.55. The molecule has 8 nitrogen and oxygen atoms in total. The Kier molecular flexibility index (Phi) is 34.2. The summed E-state index contributed by atoms with van der Waals surface area (Å²) in [4.78, 5) is 36.6. The third-order valence-electron chi connectivity index (χ3n) is 9.99. The van der Waals surface area contributed by atoms with Crippen molar-refractivity contribution in [3.63, 3.8) is 0 Å². The van der Waals surface area contributed by atoms with Gasteiger partial charge in [-0.3, -0.25) is 9.59 Å². The summed E-state index contributed by atoms with van der Waals surface area (Å²) in [5.74, 6) is -1.73. The molecule has 0 radical (unpaired) electrons. The van der Waals surface area contributed by atoms with Crippen molar-refractivity contribution in [2.24, 2.45) is 0 Å². The Labute approximate surface area is 315 Å². The quantitative estimate of drug-likeness (QED) is 0.0353. The third kappa shape index (κ3) is 33.9. The van der Waals surface area contributed by atoms with Gasteiger partial charge >= 0.3 is 11.9 Å². The number of carbonyl (C=O) groups is 3. The second-order valence-corrected chi connectivity index (χ2v) is 15.9. The summed E-state index contributed by atoms with van der Waals surface area (Å²) in [7, 11) is 5.40. The number of likely N-dealkylation sites (N-methyl/N-ethyl adjacent to an activating group) is 1. The average molecular weight is 726 g/mol. The second-order valence-electron chi connectivity index (χ2n) is 15.9. The topological polar surface area (TPSA) is 102 Å². The van der Waals surface area contributed by atoms with Crippen LogP contribution in [0.25, 0.3) is 0 Å². The van der Waals surface area contributed by atoms with Gasteiger partial charge in [0.15, 0.2) is 6.10 Å². The summed E-state index contributed by atoms with van der Waals surface area (Å²) in [5.41, 5.74) is 0. The molecule has 0 fully saturated rings. The van der Waals surface area contributed by atoms with Gasteiger partial charge in [0, 0.05) is 19.3 Å². The molecule has 0 N–H and O–H groups in total. The van der Waals surface area contributed by atoms with Gasteiger partial charge in [-0.15, -0.1) is 0 Å². The van der Waals surface area contributed by atoms with Gasteiger partial charge in [0.25, 0.3) is 0 Å². The SMILES string of the molecule is CCCCCCCCCCCCCCCCCCCCCCC(=O)OCC(COCCC(C(=O)[O-])[N+](C)(C)C)OC(=O)CCCCCCCCC. The van der Waals surface area contributed by atoms with Crippen LogP contribution in [0.15, 0.2) is 0 Å². The summed E-state index contributed by atoms with van der Waals surface area (Å²) >= 11 is 0. The van der Waals surface area contributed by atoms with Gasteiger partial charge in [0.2, 0.25) is 0 Å². The molecule has 2 unspecified atom stereocenters. The summed E-state index contributed by atoms with van der Waals surface area (Å²) < 4.78 is 17.1. The maximum Gasteiger partial charge on any atom is 0.306 e. The number of carbonyl (C=O) groups excluding carboxylic acids is 3. The molecule has 2 atom stereocenters. The molecule has 0 bridgehead atoms. The number of hydrogen-bond acceptors (Lipinski definition) is 7. The summed E-state index contributed by atoms with van der Waals surface area (Å²) in [5, 5.41) is 11.6. The van der Waals surface area contributed by atoms with Gasteiger partial charge in [0.05, 0.1) is 40.3 Å². The van der Waals surface area contributed by atoms with Crippen LogP contribution in [0.5, 0.6) is 0 Å². The maximum absolute atomic E-state index is 12.6. The van der Waals surface area contributed by atoms with E-state index in [1.807, 2.05) is 0 Å². The van der Waals surface area contributed by atoms with Gasteiger partial charge < -0.3 is 28.6 Å². The largest absolute Gasteiger partial charge is 0.544 e. The summed E-state index contributed by atoms with van der Waals surface area (Å²) in [6, 6.07) is -0.717. The maximum atomic E-state index is 12.6. The Morgan fingerprint density at radius 3 is 1.22 bits per heavy atom. The number of esters is 2. The van der Waals surface area contributed by atoms with Gasteiger partial charge in [-0.2, -0.15) is 0 Å². The first-order valence-electron chi connectivity index (χ1n) is 21.6. The molecule has 0 heterocycles. The number of aliphatic carboxylic acids is 1. The normalized spacial score (nSPS) is 12.9. The minimum atomic E-state index is -1.12. The van der Waals surface area contributed by atoms with Crippen LogP contribution >= 0.6 is 0 Å². The molecule has 8 heteroatoms. The molecule has 0 saturated heterocycles. The number of rotatable bonds is 39. The Morgan fingerprint density at radius 1 is 0.510 bits per heavy atom. The van der Waals surface area contributed by atoms with Crippen molar-refractivity contribution < 1.29 is 38.2 Å². The zero-order chi connectivity index (χ0) is 37.8. The highest BCUT2D eigenvalue weighted by Gasteiger charge is 2.25. The van der Waals surface area contributed by atoms with E-state index in [2.05, 4.69) is 13.8 Å². The first kappa shape index (κ1) is 49.3. The molecule has 0 aromatic rings. The molecular weight excluding hydrogens is 642 g/mol. The van der Waals surface area contributed by atoms with Gasteiger partial charge in [0.1, 0.15) is 12.6 Å². The van der Waals surface area contributed by atoms with E-state index in [-0.39, 0.29) is 42.7 Å². The minimum absolute atomic E-state index is 0.0479. The van der Waals surface area contributed by atoms with E-state index >= 15 is 0 Å².